The van der Waals surface area contributed by atoms with Crippen LogP contribution in [0.1, 0.15) is 50.3 Å². The molecule has 4 rings (SSSR count). The molecule has 0 radical (unpaired) electrons. The molecule has 4 aromatic rings. The molecule has 45 heavy (non-hydrogen) atoms. The number of aryl methyl sites for hydroxylation is 1. The van der Waals surface area contributed by atoms with Gasteiger partial charge in [0.15, 0.2) is 16.2 Å². The van der Waals surface area contributed by atoms with Gasteiger partial charge in [-0.15, -0.1) is 18.3 Å². The van der Waals surface area contributed by atoms with Gasteiger partial charge in [0.25, 0.3) is 0 Å². The molecule has 0 atom stereocenters. The van der Waals surface area contributed by atoms with E-state index >= 15 is 0 Å². The Morgan fingerprint density at radius 2 is 1.69 bits per heavy atom. The Hall–Kier alpha value is -3.77. The van der Waals surface area contributed by atoms with E-state index in [1.165, 1.54) is 46.4 Å². The first-order valence-electron chi connectivity index (χ1n) is 14.7. The normalized spacial score (nSPS) is 12.6. The largest absolute Gasteiger partial charge is 0.573 e. The van der Waals surface area contributed by atoms with Crippen molar-refractivity contribution in [2.75, 3.05) is 23.4 Å². The summed E-state index contributed by atoms with van der Waals surface area (Å²) in [5, 5.41) is 9.64. The van der Waals surface area contributed by atoms with E-state index in [4.69, 9.17) is 9.98 Å². The van der Waals surface area contributed by atoms with Gasteiger partial charge in [0.2, 0.25) is 0 Å². The number of hydrogen-bond donors (Lipinski definition) is 1. The zero-order valence-electron chi connectivity index (χ0n) is 25.9. The van der Waals surface area contributed by atoms with Gasteiger partial charge in [0.05, 0.1) is 5.69 Å². The molecule has 3 aromatic carbocycles. The highest BCUT2D eigenvalue weighted by Crippen LogP contribution is 2.27. The highest BCUT2D eigenvalue weighted by Gasteiger charge is 2.31. The van der Waals surface area contributed by atoms with Gasteiger partial charge in [-0.3, -0.25) is 4.99 Å². The molecule has 1 aromatic heterocycles. The molecule has 1 N–H and O–H groups in total. The minimum Gasteiger partial charge on any atom is -0.406 e. The predicted molar refractivity (Wildman–Crippen MR) is 182 cm³/mol. The third kappa shape index (κ3) is 10.4. The van der Waals surface area contributed by atoms with E-state index in [2.05, 4.69) is 73.0 Å². The number of alkyl halides is 3. The lowest BCUT2D eigenvalue weighted by molar-refractivity contribution is -0.274. The number of aliphatic imine (C=N–C) groups is 2. The van der Waals surface area contributed by atoms with E-state index < -0.39 is 6.36 Å². The average molecular weight is 655 g/mol. The van der Waals surface area contributed by atoms with Crippen molar-refractivity contribution in [3.05, 3.63) is 89.7 Å². The summed E-state index contributed by atoms with van der Waals surface area (Å²) in [6.45, 7) is 11.3. The Bertz CT molecular complexity index is 1600. The van der Waals surface area contributed by atoms with Crippen LogP contribution >= 0.6 is 23.5 Å². The SMILES string of the molecule is CCSC(=NCCc1ccc(-c2ncn(-c3ccc(OC(F)(F)F)cc3)n2)cc1)N=C(Nc1cc(C)ccc1C(C)C)SCC. The van der Waals surface area contributed by atoms with Crippen LogP contribution in [0.4, 0.5) is 18.9 Å². The van der Waals surface area contributed by atoms with Crippen molar-refractivity contribution in [1.29, 1.82) is 0 Å². The van der Waals surface area contributed by atoms with E-state index in [0.29, 0.717) is 24.0 Å². The number of nitrogens with zero attached hydrogens (tertiary/aromatic N) is 5. The Morgan fingerprint density at radius 1 is 0.978 bits per heavy atom. The number of benzene rings is 3. The lowest BCUT2D eigenvalue weighted by Crippen LogP contribution is -2.17. The Morgan fingerprint density at radius 3 is 2.33 bits per heavy atom. The van der Waals surface area contributed by atoms with Crippen LogP contribution in [0, 0.1) is 6.92 Å². The number of rotatable bonds is 10. The van der Waals surface area contributed by atoms with Crippen LogP contribution in [0.15, 0.2) is 83.0 Å². The molecular weight excluding hydrogens is 618 g/mol. The maximum atomic E-state index is 12.4. The van der Waals surface area contributed by atoms with E-state index in [1.54, 1.807) is 23.5 Å². The van der Waals surface area contributed by atoms with Crippen LogP contribution in [-0.4, -0.2) is 49.5 Å². The van der Waals surface area contributed by atoms with Gasteiger partial charge in [0, 0.05) is 17.8 Å². The number of amidine groups is 2. The van der Waals surface area contributed by atoms with Crippen LogP contribution in [0.3, 0.4) is 0 Å². The molecule has 0 amide bonds. The molecule has 0 saturated heterocycles. The second-order valence-electron chi connectivity index (χ2n) is 10.3. The Balaban J connectivity index is 1.41. The highest BCUT2D eigenvalue weighted by atomic mass is 32.2. The number of thioether (sulfide) groups is 2. The molecule has 0 fully saturated rings. The van der Waals surface area contributed by atoms with Crippen molar-refractivity contribution in [1.82, 2.24) is 14.8 Å². The van der Waals surface area contributed by atoms with Crippen LogP contribution in [0.2, 0.25) is 0 Å². The number of hydrogen-bond acceptors (Lipinski definition) is 6. The lowest BCUT2D eigenvalue weighted by Gasteiger charge is -2.16. The Kier molecular flexibility index (Phi) is 12.1. The second kappa shape index (κ2) is 16.0. The summed E-state index contributed by atoms with van der Waals surface area (Å²) in [5.41, 5.74) is 6.05. The molecule has 0 bridgehead atoms. The fraction of sp³-hybridized carbons (Fsp3) is 0.333. The summed E-state index contributed by atoms with van der Waals surface area (Å²) in [5.74, 6) is 2.36. The summed E-state index contributed by atoms with van der Waals surface area (Å²) in [7, 11) is 0. The molecule has 1 heterocycles. The van der Waals surface area contributed by atoms with E-state index in [-0.39, 0.29) is 5.75 Å². The number of aromatic nitrogens is 3. The first-order chi connectivity index (χ1) is 21.5. The predicted octanol–water partition coefficient (Wildman–Crippen LogP) is 9.14. The molecule has 12 heteroatoms. The first-order valence-corrected chi connectivity index (χ1v) is 16.6. The fourth-order valence-electron chi connectivity index (χ4n) is 4.38. The highest BCUT2D eigenvalue weighted by molar-refractivity contribution is 8.15. The van der Waals surface area contributed by atoms with Crippen molar-refractivity contribution in [2.45, 2.75) is 53.3 Å². The first kappa shape index (κ1) is 34.1. The number of nitrogens with one attached hydrogen (secondary N) is 1. The van der Waals surface area contributed by atoms with Gasteiger partial charge >= 0.3 is 6.36 Å². The van der Waals surface area contributed by atoms with Crippen molar-refractivity contribution in [3.8, 4) is 22.8 Å². The summed E-state index contributed by atoms with van der Waals surface area (Å²) >= 11 is 3.29. The van der Waals surface area contributed by atoms with Gasteiger partial charge in [0.1, 0.15) is 12.1 Å². The monoisotopic (exact) mass is 654 g/mol. The molecule has 0 aliphatic carbocycles. The van der Waals surface area contributed by atoms with E-state index in [0.717, 1.165) is 45.1 Å². The summed E-state index contributed by atoms with van der Waals surface area (Å²) in [6.07, 6.45) is -2.47. The molecule has 7 nitrogen and oxygen atoms in total. The molecule has 0 unspecified atom stereocenters. The van der Waals surface area contributed by atoms with Crippen LogP contribution in [0.5, 0.6) is 5.75 Å². The maximum Gasteiger partial charge on any atom is 0.573 e. The van der Waals surface area contributed by atoms with Gasteiger partial charge in [-0.25, -0.2) is 9.67 Å². The van der Waals surface area contributed by atoms with Crippen LogP contribution < -0.4 is 10.1 Å². The van der Waals surface area contributed by atoms with Crippen LogP contribution in [-0.2, 0) is 6.42 Å². The molecule has 238 valence electrons. The minimum atomic E-state index is -4.74. The van der Waals surface area contributed by atoms with Crippen molar-refractivity contribution in [3.63, 3.8) is 0 Å². The number of ether oxygens (including phenoxy) is 1. The molecule has 0 aliphatic rings. The van der Waals surface area contributed by atoms with Gasteiger partial charge in [-0.2, -0.15) is 4.99 Å². The van der Waals surface area contributed by atoms with Gasteiger partial charge in [-0.1, -0.05) is 87.6 Å². The molecule has 0 saturated carbocycles. The average Bonchev–Trinajstić information content (AvgIpc) is 3.48. The Labute approximate surface area is 270 Å². The zero-order valence-corrected chi connectivity index (χ0v) is 27.6. The standard InChI is InChI=1S/C33H37F3N6OS2/c1-6-44-31(40-32(45-7-2)39-29-20-23(5)8-17-28(29)22(3)4)37-19-18-24-9-11-25(12-10-24)30-38-21-42(41-30)26-13-15-27(16-14-26)43-33(34,35)36/h8-17,20-22H,6-7,18-19H2,1-5H3,(H,37,39,40). The maximum absolute atomic E-state index is 12.4. The van der Waals surface area contributed by atoms with Crippen molar-refractivity contribution >= 4 is 39.5 Å². The van der Waals surface area contributed by atoms with E-state index in [1.807, 2.05) is 24.3 Å². The molecule has 0 spiro atoms. The summed E-state index contributed by atoms with van der Waals surface area (Å²) < 4.78 is 42.7. The summed E-state index contributed by atoms with van der Waals surface area (Å²) in [6, 6.07) is 19.9. The van der Waals surface area contributed by atoms with Crippen molar-refractivity contribution < 1.29 is 17.9 Å². The smallest absolute Gasteiger partial charge is 0.406 e. The van der Waals surface area contributed by atoms with Gasteiger partial charge in [-0.05, 0) is 77.8 Å². The molecule has 0 aliphatic heterocycles. The second-order valence-corrected chi connectivity index (χ2v) is 12.8. The molecular formula is C33H37F3N6OS2. The number of halogens is 3. The van der Waals surface area contributed by atoms with Crippen LogP contribution in [0.25, 0.3) is 17.1 Å². The third-order valence-electron chi connectivity index (χ3n) is 6.51. The zero-order chi connectivity index (χ0) is 32.4. The van der Waals surface area contributed by atoms with Crippen molar-refractivity contribution in [2.24, 2.45) is 9.98 Å². The lowest BCUT2D eigenvalue weighted by atomic mass is 9.99. The summed E-state index contributed by atoms with van der Waals surface area (Å²) in [4.78, 5) is 14.1. The minimum absolute atomic E-state index is 0.293. The van der Waals surface area contributed by atoms with E-state index in [9.17, 15) is 13.2 Å². The van der Waals surface area contributed by atoms with Gasteiger partial charge < -0.3 is 10.1 Å². The quantitative estimate of drug-likeness (QED) is 0.136. The number of anilines is 1. The topological polar surface area (TPSA) is 76.7 Å². The fourth-order valence-corrected chi connectivity index (χ4v) is 5.64. The third-order valence-corrected chi connectivity index (χ3v) is 8.03.